The van der Waals surface area contributed by atoms with Crippen LogP contribution in [0.25, 0.3) is 21.2 Å². The van der Waals surface area contributed by atoms with Crippen LogP contribution in [0.3, 0.4) is 0 Å². The molecule has 0 aliphatic rings. The first-order valence-corrected chi connectivity index (χ1v) is 9.07. The first-order valence-electron chi connectivity index (χ1n) is 8.26. The number of fused-ring (bicyclic) bond motifs is 2. The van der Waals surface area contributed by atoms with Crippen LogP contribution in [0.1, 0.15) is 10.6 Å². The van der Waals surface area contributed by atoms with Crippen molar-refractivity contribution in [2.45, 2.75) is 13.5 Å². The number of hydrogen-bond acceptors (Lipinski definition) is 7. The molecule has 0 radical (unpaired) electrons. The fraction of sp³-hybridized carbons (Fsp3) is 0.150. The smallest absolute Gasteiger partial charge is 0.344 e. The van der Waals surface area contributed by atoms with E-state index in [2.05, 4.69) is 4.98 Å². The molecule has 0 saturated heterocycles. The molecule has 0 bridgehead atoms. The highest BCUT2D eigenvalue weighted by molar-refractivity contribution is 7.18. The number of hydrogen-bond donors (Lipinski definition) is 0. The van der Waals surface area contributed by atoms with Gasteiger partial charge in [-0.3, -0.25) is 0 Å². The van der Waals surface area contributed by atoms with Crippen molar-refractivity contribution >= 4 is 38.5 Å². The second-order valence-electron chi connectivity index (χ2n) is 5.93. The standard InChI is InChI=1S/C20H15NO5S/c1-12-8-19(22)26-16-9-13(6-7-14(12)16)24-11-20(23)25-10-18-21-15-4-2-3-5-17(15)27-18/h2-9H,10-11H2,1H3. The number of aryl methyl sites for hydroxylation is 1. The number of carbonyl (C=O) groups excluding carboxylic acids is 1. The van der Waals surface area contributed by atoms with Gasteiger partial charge in [0.2, 0.25) is 0 Å². The molecule has 7 heteroatoms. The van der Waals surface area contributed by atoms with Crippen molar-refractivity contribution in [1.82, 2.24) is 4.98 Å². The summed E-state index contributed by atoms with van der Waals surface area (Å²) < 4.78 is 16.9. The van der Waals surface area contributed by atoms with Crippen molar-refractivity contribution in [1.29, 1.82) is 0 Å². The summed E-state index contributed by atoms with van der Waals surface area (Å²) in [6.07, 6.45) is 0. The monoisotopic (exact) mass is 381 g/mol. The number of rotatable bonds is 5. The van der Waals surface area contributed by atoms with Crippen LogP contribution >= 0.6 is 11.3 Å². The Labute approximate surface area is 158 Å². The number of nitrogens with zero attached hydrogens (tertiary/aromatic N) is 1. The molecule has 0 atom stereocenters. The molecule has 0 unspecified atom stereocenters. The van der Waals surface area contributed by atoms with Crippen molar-refractivity contribution in [3.05, 3.63) is 69.5 Å². The van der Waals surface area contributed by atoms with E-state index in [4.69, 9.17) is 13.9 Å². The number of esters is 1. The van der Waals surface area contributed by atoms with Crippen LogP contribution in [0.2, 0.25) is 0 Å². The summed E-state index contributed by atoms with van der Waals surface area (Å²) in [4.78, 5) is 27.8. The van der Waals surface area contributed by atoms with E-state index in [1.54, 1.807) is 18.2 Å². The summed E-state index contributed by atoms with van der Waals surface area (Å²) in [5.41, 5.74) is 1.70. The first-order chi connectivity index (χ1) is 13.1. The van der Waals surface area contributed by atoms with E-state index in [0.717, 1.165) is 26.2 Å². The molecule has 0 N–H and O–H groups in total. The number of aromatic nitrogens is 1. The Balaban J connectivity index is 1.37. The average Bonchev–Trinajstić information content (AvgIpc) is 3.07. The largest absolute Gasteiger partial charge is 0.482 e. The Kier molecular flexibility index (Phi) is 4.60. The second kappa shape index (κ2) is 7.20. The van der Waals surface area contributed by atoms with Crippen molar-refractivity contribution in [2.75, 3.05) is 6.61 Å². The van der Waals surface area contributed by atoms with Gasteiger partial charge in [0, 0.05) is 17.5 Å². The fourth-order valence-corrected chi connectivity index (χ4v) is 3.58. The Morgan fingerprint density at radius 1 is 1.19 bits per heavy atom. The Morgan fingerprint density at radius 3 is 2.89 bits per heavy atom. The third kappa shape index (κ3) is 3.83. The minimum Gasteiger partial charge on any atom is -0.482 e. The maximum absolute atomic E-state index is 11.9. The van der Waals surface area contributed by atoms with E-state index < -0.39 is 11.6 Å². The van der Waals surface area contributed by atoms with Crippen LogP contribution in [0.5, 0.6) is 5.75 Å². The zero-order valence-electron chi connectivity index (χ0n) is 14.4. The summed E-state index contributed by atoms with van der Waals surface area (Å²) in [7, 11) is 0. The van der Waals surface area contributed by atoms with Gasteiger partial charge in [-0.05, 0) is 36.8 Å². The molecule has 27 heavy (non-hydrogen) atoms. The van der Waals surface area contributed by atoms with E-state index in [1.807, 2.05) is 31.2 Å². The molecular weight excluding hydrogens is 366 g/mol. The SMILES string of the molecule is Cc1cc(=O)oc2cc(OCC(=O)OCc3nc4ccccc4s3)ccc12. The van der Waals surface area contributed by atoms with Gasteiger partial charge in [-0.25, -0.2) is 14.6 Å². The first kappa shape index (κ1) is 17.2. The quantitative estimate of drug-likeness (QED) is 0.386. The van der Waals surface area contributed by atoms with E-state index in [1.165, 1.54) is 17.4 Å². The van der Waals surface area contributed by atoms with Crippen molar-refractivity contribution < 1.29 is 18.7 Å². The molecular formula is C20H15NO5S. The van der Waals surface area contributed by atoms with Gasteiger partial charge in [-0.2, -0.15) is 0 Å². The van der Waals surface area contributed by atoms with Crippen molar-refractivity contribution in [2.24, 2.45) is 0 Å². The lowest BCUT2D eigenvalue weighted by Gasteiger charge is -2.07. The highest BCUT2D eigenvalue weighted by Crippen LogP contribution is 2.23. The highest BCUT2D eigenvalue weighted by atomic mass is 32.1. The van der Waals surface area contributed by atoms with Gasteiger partial charge in [0.05, 0.1) is 10.2 Å². The molecule has 2 aromatic heterocycles. The van der Waals surface area contributed by atoms with E-state index >= 15 is 0 Å². The number of thiazole rings is 1. The Morgan fingerprint density at radius 2 is 2.04 bits per heavy atom. The molecule has 0 spiro atoms. The molecule has 0 aliphatic heterocycles. The average molecular weight is 381 g/mol. The molecule has 0 amide bonds. The summed E-state index contributed by atoms with van der Waals surface area (Å²) in [6, 6.07) is 14.3. The predicted octanol–water partition coefficient (Wildman–Crippen LogP) is 3.83. The fourth-order valence-electron chi connectivity index (χ4n) is 2.70. The summed E-state index contributed by atoms with van der Waals surface area (Å²) >= 11 is 1.49. The zero-order valence-corrected chi connectivity index (χ0v) is 15.2. The normalized spacial score (nSPS) is 11.0. The topological polar surface area (TPSA) is 78.6 Å². The van der Waals surface area contributed by atoms with Crippen molar-refractivity contribution in [3.63, 3.8) is 0 Å². The maximum Gasteiger partial charge on any atom is 0.344 e. The molecule has 0 saturated carbocycles. The number of benzene rings is 2. The van der Waals surface area contributed by atoms with Gasteiger partial charge in [0.1, 0.15) is 22.9 Å². The van der Waals surface area contributed by atoms with Crippen molar-refractivity contribution in [3.8, 4) is 5.75 Å². The third-order valence-electron chi connectivity index (χ3n) is 3.97. The number of para-hydroxylation sites is 1. The number of ether oxygens (including phenoxy) is 2. The van der Waals surface area contributed by atoms with E-state index in [-0.39, 0.29) is 13.2 Å². The zero-order chi connectivity index (χ0) is 18.8. The van der Waals surface area contributed by atoms with Gasteiger partial charge in [0.25, 0.3) is 0 Å². The Bertz CT molecular complexity index is 1160. The van der Waals surface area contributed by atoms with E-state index in [9.17, 15) is 9.59 Å². The van der Waals surface area contributed by atoms with Gasteiger partial charge < -0.3 is 13.9 Å². The highest BCUT2D eigenvalue weighted by Gasteiger charge is 2.10. The minimum atomic E-state index is -0.500. The molecule has 136 valence electrons. The van der Waals surface area contributed by atoms with Gasteiger partial charge in [-0.15, -0.1) is 11.3 Å². The maximum atomic E-state index is 11.9. The summed E-state index contributed by atoms with van der Waals surface area (Å²) in [5.74, 6) is -0.0757. The lowest BCUT2D eigenvalue weighted by Crippen LogP contribution is -2.14. The molecule has 2 heterocycles. The lowest BCUT2D eigenvalue weighted by molar-refractivity contribution is -0.147. The molecule has 4 aromatic rings. The van der Waals surface area contributed by atoms with Gasteiger partial charge in [-0.1, -0.05) is 12.1 Å². The summed E-state index contributed by atoms with van der Waals surface area (Å²) in [6.45, 7) is 1.69. The van der Waals surface area contributed by atoms with Crippen LogP contribution in [0.4, 0.5) is 0 Å². The summed E-state index contributed by atoms with van der Waals surface area (Å²) in [5, 5.41) is 1.55. The van der Waals surface area contributed by atoms with Crippen LogP contribution in [0, 0.1) is 6.92 Å². The number of carbonyl (C=O) groups is 1. The molecule has 2 aromatic carbocycles. The van der Waals surface area contributed by atoms with Crippen LogP contribution < -0.4 is 10.4 Å². The van der Waals surface area contributed by atoms with Crippen LogP contribution in [-0.4, -0.2) is 17.6 Å². The third-order valence-corrected chi connectivity index (χ3v) is 4.98. The molecule has 4 rings (SSSR count). The lowest BCUT2D eigenvalue weighted by atomic mass is 10.1. The van der Waals surface area contributed by atoms with Gasteiger partial charge in [0.15, 0.2) is 6.61 Å². The molecule has 6 nitrogen and oxygen atoms in total. The second-order valence-corrected chi connectivity index (χ2v) is 7.05. The minimum absolute atomic E-state index is 0.104. The Hall–Kier alpha value is -3.19. The molecule has 0 fully saturated rings. The molecule has 0 aliphatic carbocycles. The van der Waals surface area contributed by atoms with Crippen LogP contribution in [0.15, 0.2) is 57.7 Å². The van der Waals surface area contributed by atoms with Crippen LogP contribution in [-0.2, 0) is 16.1 Å². The van der Waals surface area contributed by atoms with Gasteiger partial charge >= 0.3 is 11.6 Å². The predicted molar refractivity (Wildman–Crippen MR) is 102 cm³/mol. The van der Waals surface area contributed by atoms with E-state index in [0.29, 0.717) is 11.3 Å².